The average molecular weight is 368 g/mol. The van der Waals surface area contributed by atoms with Crippen LogP contribution in [0.4, 0.5) is 5.69 Å². The van der Waals surface area contributed by atoms with E-state index in [9.17, 15) is 8.42 Å². The topological polar surface area (TPSA) is 55.4 Å². The summed E-state index contributed by atoms with van der Waals surface area (Å²) < 4.78 is 30.7. The fraction of sp³-hybridized carbons (Fsp3) is 0.312. The Hall–Kier alpha value is -1.44. The summed E-state index contributed by atoms with van der Waals surface area (Å²) in [4.78, 5) is 0. The Morgan fingerprint density at radius 1 is 1.35 bits per heavy atom. The van der Waals surface area contributed by atoms with E-state index in [4.69, 9.17) is 17.0 Å². The smallest absolute Gasteiger partial charge is 0.261 e. The van der Waals surface area contributed by atoms with E-state index in [1.807, 2.05) is 25.1 Å². The maximum atomic E-state index is 12.4. The fourth-order valence-corrected chi connectivity index (χ4v) is 5.37. The van der Waals surface area contributed by atoms with Crippen molar-refractivity contribution >= 4 is 44.3 Å². The van der Waals surface area contributed by atoms with Crippen molar-refractivity contribution in [1.82, 2.24) is 0 Å². The van der Waals surface area contributed by atoms with Gasteiger partial charge in [0.2, 0.25) is 0 Å². The summed E-state index contributed by atoms with van der Waals surface area (Å²) in [6.45, 7) is 1.96. The summed E-state index contributed by atoms with van der Waals surface area (Å²) in [7, 11) is -3.23. The van der Waals surface area contributed by atoms with E-state index < -0.39 is 9.84 Å². The first kappa shape index (κ1) is 16.4. The molecule has 0 bridgehead atoms. The van der Waals surface area contributed by atoms with Crippen LogP contribution in [0.1, 0.15) is 18.1 Å². The number of hydrogen-bond acceptors (Lipinski definition) is 5. The normalized spacial score (nSPS) is 17.8. The minimum absolute atomic E-state index is 0.0358. The monoisotopic (exact) mass is 367 g/mol. The Morgan fingerprint density at radius 3 is 2.91 bits per heavy atom. The van der Waals surface area contributed by atoms with E-state index in [0.717, 1.165) is 16.8 Å². The summed E-state index contributed by atoms with van der Waals surface area (Å²) in [6, 6.07) is 9.25. The molecule has 1 aromatic carbocycles. The molecular formula is C16H17NO3S3. The van der Waals surface area contributed by atoms with E-state index >= 15 is 0 Å². The van der Waals surface area contributed by atoms with E-state index in [1.165, 1.54) is 11.3 Å². The van der Waals surface area contributed by atoms with Crippen LogP contribution in [0.15, 0.2) is 39.9 Å². The molecule has 1 atom stereocenters. The molecule has 0 aliphatic carbocycles. The highest BCUT2D eigenvalue weighted by molar-refractivity contribution is 7.93. The number of aryl methyl sites for hydroxylation is 1. The van der Waals surface area contributed by atoms with Gasteiger partial charge >= 0.3 is 0 Å². The molecule has 122 valence electrons. The van der Waals surface area contributed by atoms with Crippen molar-refractivity contribution < 1.29 is 13.2 Å². The maximum absolute atomic E-state index is 12.4. The molecule has 1 aliphatic heterocycles. The molecule has 1 aliphatic rings. The van der Waals surface area contributed by atoms with Gasteiger partial charge in [0.05, 0.1) is 5.75 Å². The first-order valence-electron chi connectivity index (χ1n) is 7.30. The van der Waals surface area contributed by atoms with E-state index in [-0.39, 0.29) is 11.9 Å². The molecule has 1 N–H and O–H groups in total. The molecule has 2 aromatic rings. The highest BCUT2D eigenvalue weighted by atomic mass is 32.2. The zero-order valence-electron chi connectivity index (χ0n) is 12.6. The van der Waals surface area contributed by atoms with Gasteiger partial charge in [-0.2, -0.15) is 0 Å². The molecule has 23 heavy (non-hydrogen) atoms. The molecular weight excluding hydrogens is 350 g/mol. The molecule has 3 rings (SSSR count). The van der Waals surface area contributed by atoms with Crippen LogP contribution in [0.2, 0.25) is 0 Å². The van der Waals surface area contributed by atoms with Gasteiger partial charge in [0.15, 0.2) is 9.84 Å². The minimum Gasteiger partial charge on any atom is -0.467 e. The van der Waals surface area contributed by atoms with Crippen molar-refractivity contribution in [3.05, 3.63) is 46.8 Å². The molecule has 1 aromatic heterocycles. The van der Waals surface area contributed by atoms with Gasteiger partial charge < -0.3 is 10.1 Å². The lowest BCUT2D eigenvalue weighted by Gasteiger charge is -2.13. The molecule has 0 saturated heterocycles. The predicted molar refractivity (Wildman–Crippen MR) is 97.0 cm³/mol. The van der Waals surface area contributed by atoms with Gasteiger partial charge in [-0.05, 0) is 54.2 Å². The number of fused-ring (bicyclic) bond motifs is 1. The Labute approximate surface area is 145 Å². The second-order valence-electron chi connectivity index (χ2n) is 5.49. The summed E-state index contributed by atoms with van der Waals surface area (Å²) in [5.74, 6) is 0.101. The lowest BCUT2D eigenvalue weighted by atomic mass is 9.98. The number of rotatable bonds is 4. The lowest BCUT2D eigenvalue weighted by molar-refractivity contribution is 0.217. The number of sulfone groups is 1. The standard InChI is InChI=1S/C16H17NO3S3/c1-11-10-13-12(4-2-5-14(13)17-16(21)20-11)7-9-23(18,19)15-6-3-8-22-15/h2-6,8,11H,7,9-10H2,1H3,(H,17,21). The van der Waals surface area contributed by atoms with Crippen molar-refractivity contribution in [1.29, 1.82) is 0 Å². The van der Waals surface area contributed by atoms with Crippen LogP contribution in [0.3, 0.4) is 0 Å². The minimum atomic E-state index is -3.23. The Morgan fingerprint density at radius 2 is 2.17 bits per heavy atom. The first-order valence-corrected chi connectivity index (χ1v) is 10.2. The third kappa shape index (κ3) is 3.73. The van der Waals surface area contributed by atoms with Gasteiger partial charge in [0.1, 0.15) is 10.3 Å². The number of thiocarbonyl (C=S) groups is 1. The molecule has 0 fully saturated rings. The van der Waals surface area contributed by atoms with Crippen LogP contribution in [-0.2, 0) is 27.4 Å². The summed E-state index contributed by atoms with van der Waals surface area (Å²) >= 11 is 6.40. The maximum Gasteiger partial charge on any atom is 0.261 e. The molecule has 2 heterocycles. The molecule has 0 amide bonds. The summed E-state index contributed by atoms with van der Waals surface area (Å²) in [5.41, 5.74) is 3.02. The van der Waals surface area contributed by atoms with Crippen molar-refractivity contribution in [2.24, 2.45) is 0 Å². The number of thiophene rings is 1. The highest BCUT2D eigenvalue weighted by Gasteiger charge is 2.21. The number of hydrogen-bond donors (Lipinski definition) is 1. The number of ether oxygens (including phenoxy) is 1. The first-order chi connectivity index (χ1) is 11.0. The van der Waals surface area contributed by atoms with E-state index in [2.05, 4.69) is 5.32 Å². The zero-order chi connectivity index (χ0) is 16.4. The van der Waals surface area contributed by atoms with E-state index in [1.54, 1.807) is 17.5 Å². The van der Waals surface area contributed by atoms with Gasteiger partial charge in [-0.15, -0.1) is 11.3 Å². The quantitative estimate of drug-likeness (QED) is 0.839. The van der Waals surface area contributed by atoms with Crippen molar-refractivity contribution in [2.75, 3.05) is 11.1 Å². The van der Waals surface area contributed by atoms with Crippen LogP contribution in [-0.4, -0.2) is 25.4 Å². The van der Waals surface area contributed by atoms with Gasteiger partial charge in [-0.1, -0.05) is 18.2 Å². The van der Waals surface area contributed by atoms with E-state index in [0.29, 0.717) is 22.2 Å². The molecule has 0 radical (unpaired) electrons. The summed E-state index contributed by atoms with van der Waals surface area (Å²) in [5, 5.41) is 5.22. The van der Waals surface area contributed by atoms with Crippen molar-refractivity contribution in [3.8, 4) is 0 Å². The summed E-state index contributed by atoms with van der Waals surface area (Å²) in [6.07, 6.45) is 1.15. The van der Waals surface area contributed by atoms with Gasteiger partial charge in [-0.25, -0.2) is 8.42 Å². The van der Waals surface area contributed by atoms with Crippen LogP contribution in [0.5, 0.6) is 0 Å². The lowest BCUT2D eigenvalue weighted by Crippen LogP contribution is -2.17. The number of benzene rings is 1. The number of anilines is 1. The Kier molecular flexibility index (Phi) is 4.70. The zero-order valence-corrected chi connectivity index (χ0v) is 15.1. The predicted octanol–water partition coefficient (Wildman–Crippen LogP) is 3.42. The van der Waals surface area contributed by atoms with Crippen LogP contribution >= 0.6 is 23.6 Å². The molecule has 0 saturated carbocycles. The SMILES string of the molecule is CC1Cc2c(CCS(=O)(=O)c3cccs3)cccc2NC(=S)O1. The van der Waals surface area contributed by atoms with Crippen LogP contribution in [0, 0.1) is 0 Å². The fourth-order valence-electron chi connectivity index (χ4n) is 2.66. The van der Waals surface area contributed by atoms with Gasteiger partial charge in [-0.3, -0.25) is 0 Å². The van der Waals surface area contributed by atoms with Crippen molar-refractivity contribution in [2.45, 2.75) is 30.1 Å². The molecule has 0 spiro atoms. The average Bonchev–Trinajstić information content (AvgIpc) is 2.98. The Bertz CT molecular complexity index is 813. The van der Waals surface area contributed by atoms with Crippen molar-refractivity contribution in [3.63, 3.8) is 0 Å². The third-order valence-corrected chi connectivity index (χ3v) is 7.15. The van der Waals surface area contributed by atoms with Gasteiger partial charge in [0.25, 0.3) is 5.17 Å². The molecule has 1 unspecified atom stereocenters. The van der Waals surface area contributed by atoms with Crippen LogP contribution < -0.4 is 5.32 Å². The second-order valence-corrected chi connectivity index (χ2v) is 9.14. The Balaban J connectivity index is 1.85. The molecule has 7 heteroatoms. The second kappa shape index (κ2) is 6.59. The number of nitrogens with one attached hydrogen (secondary N) is 1. The van der Waals surface area contributed by atoms with Crippen LogP contribution in [0.25, 0.3) is 0 Å². The largest absolute Gasteiger partial charge is 0.467 e. The highest BCUT2D eigenvalue weighted by Crippen LogP contribution is 2.27. The third-order valence-electron chi connectivity index (χ3n) is 3.75. The molecule has 4 nitrogen and oxygen atoms in total. The van der Waals surface area contributed by atoms with Gasteiger partial charge in [0, 0.05) is 12.1 Å².